The van der Waals surface area contributed by atoms with Gasteiger partial charge >= 0.3 is 0 Å². The molecular weight excluding hydrogens is 508 g/mol. The van der Waals surface area contributed by atoms with Gasteiger partial charge in [-0.15, -0.1) is 0 Å². The van der Waals surface area contributed by atoms with Crippen LogP contribution in [0.2, 0.25) is 0 Å². The van der Waals surface area contributed by atoms with Gasteiger partial charge in [-0.05, 0) is 46.5 Å². The molecule has 3 aliphatic rings. The first-order valence-corrected chi connectivity index (χ1v) is 14.3. The number of nitrogens with zero attached hydrogens (tertiary/aromatic N) is 2. The highest BCUT2D eigenvalue weighted by Gasteiger charge is 2.44. The van der Waals surface area contributed by atoms with Crippen LogP contribution in [-0.2, 0) is 16.9 Å². The predicted molar refractivity (Wildman–Crippen MR) is 144 cm³/mol. The number of aromatic nitrogens is 1. The van der Waals surface area contributed by atoms with Crippen molar-refractivity contribution in [1.29, 1.82) is 0 Å². The van der Waals surface area contributed by atoms with Gasteiger partial charge in [-0.1, -0.05) is 30.3 Å². The molecule has 0 saturated heterocycles. The van der Waals surface area contributed by atoms with E-state index >= 15 is 4.39 Å². The highest BCUT2D eigenvalue weighted by Crippen LogP contribution is 2.48. The standard InChI is InChI=1S/C29H25F2N3O3S/c1-33-11-10-21-19(16-38(2,36)37)12-18-15-34(24-9-8-20(30)13-23(24)31)28-22(17-6-4-3-5-7-17)14-32-27(25(18)28)26(21)29(33)35/h3-13,15,22,28,32H,14,16H2,1-2H3/t22-,28?/m0/s1. The van der Waals surface area contributed by atoms with Crippen molar-refractivity contribution in [2.24, 2.45) is 7.05 Å². The summed E-state index contributed by atoms with van der Waals surface area (Å²) in [6.45, 7) is 0.451. The summed E-state index contributed by atoms with van der Waals surface area (Å²) < 4.78 is 55.3. The Morgan fingerprint density at radius 1 is 1.08 bits per heavy atom. The Morgan fingerprint density at radius 3 is 2.55 bits per heavy atom. The van der Waals surface area contributed by atoms with Crippen LogP contribution in [-0.4, -0.2) is 37.6 Å². The molecule has 6 rings (SSSR count). The molecule has 1 aliphatic carbocycles. The number of allylic oxidation sites excluding steroid dienone is 1. The second kappa shape index (κ2) is 8.80. The first-order chi connectivity index (χ1) is 18.1. The lowest BCUT2D eigenvalue weighted by Gasteiger charge is -2.39. The molecule has 0 amide bonds. The Bertz CT molecular complexity index is 1740. The number of nitrogens with one attached hydrogen (secondary N) is 1. The highest BCUT2D eigenvalue weighted by molar-refractivity contribution is 7.91. The van der Waals surface area contributed by atoms with Crippen LogP contribution >= 0.6 is 0 Å². The second-order valence-corrected chi connectivity index (χ2v) is 12.1. The van der Waals surface area contributed by atoms with E-state index in [-0.39, 0.29) is 22.9 Å². The molecule has 3 aromatic rings. The van der Waals surface area contributed by atoms with Crippen molar-refractivity contribution >= 4 is 26.8 Å². The van der Waals surface area contributed by atoms with Gasteiger partial charge < -0.3 is 14.8 Å². The van der Waals surface area contributed by atoms with Crippen molar-refractivity contribution in [3.8, 4) is 0 Å². The monoisotopic (exact) mass is 533 g/mol. The number of hydrogen-bond donors (Lipinski definition) is 1. The van der Waals surface area contributed by atoms with Gasteiger partial charge in [-0.25, -0.2) is 17.2 Å². The predicted octanol–water partition coefficient (Wildman–Crippen LogP) is 3.98. The number of pyridine rings is 1. The van der Waals surface area contributed by atoms with Crippen molar-refractivity contribution in [1.82, 2.24) is 9.88 Å². The Hall–Kier alpha value is -3.98. The molecule has 1 aromatic heterocycles. The van der Waals surface area contributed by atoms with Gasteiger partial charge in [0.25, 0.3) is 5.56 Å². The minimum absolute atomic E-state index is 0.144. The van der Waals surface area contributed by atoms with Crippen LogP contribution in [0.1, 0.15) is 22.6 Å². The van der Waals surface area contributed by atoms with Crippen molar-refractivity contribution in [3.05, 3.63) is 123 Å². The average molecular weight is 534 g/mol. The minimum atomic E-state index is -3.45. The molecule has 3 heterocycles. The Morgan fingerprint density at radius 2 is 1.84 bits per heavy atom. The first kappa shape index (κ1) is 24.4. The van der Waals surface area contributed by atoms with Crippen LogP contribution in [0.25, 0.3) is 11.3 Å². The molecule has 38 heavy (non-hydrogen) atoms. The molecule has 0 saturated carbocycles. The summed E-state index contributed by atoms with van der Waals surface area (Å²) in [5.41, 5.74) is 4.45. The van der Waals surface area contributed by atoms with E-state index in [1.54, 1.807) is 36.5 Å². The lowest BCUT2D eigenvalue weighted by Crippen LogP contribution is -2.44. The fraction of sp³-hybridized carbons (Fsp3) is 0.207. The topological polar surface area (TPSA) is 71.4 Å². The molecular formula is C29H25F2N3O3S. The summed E-state index contributed by atoms with van der Waals surface area (Å²) in [5, 5.41) is 3.48. The van der Waals surface area contributed by atoms with E-state index in [4.69, 9.17) is 0 Å². The summed E-state index contributed by atoms with van der Waals surface area (Å²) in [5.74, 6) is -1.79. The number of sulfone groups is 1. The van der Waals surface area contributed by atoms with Gasteiger partial charge in [-0.2, -0.15) is 0 Å². The van der Waals surface area contributed by atoms with Gasteiger partial charge in [0.1, 0.15) is 11.6 Å². The second-order valence-electron chi connectivity index (χ2n) is 9.98. The largest absolute Gasteiger partial charge is 0.383 e. The van der Waals surface area contributed by atoms with Crippen molar-refractivity contribution < 1.29 is 17.2 Å². The molecule has 194 valence electrons. The zero-order valence-corrected chi connectivity index (χ0v) is 21.6. The Labute approximate surface area is 219 Å². The molecule has 0 bridgehead atoms. The molecule has 1 unspecified atom stereocenters. The van der Waals surface area contributed by atoms with Gasteiger partial charge in [-0.3, -0.25) is 4.79 Å². The number of anilines is 1. The van der Waals surface area contributed by atoms with Crippen LogP contribution in [0.4, 0.5) is 14.5 Å². The van der Waals surface area contributed by atoms with Crippen molar-refractivity contribution in [2.75, 3.05) is 23.5 Å². The molecule has 6 nitrogen and oxygen atoms in total. The third-order valence-corrected chi connectivity index (χ3v) is 8.20. The maximum atomic E-state index is 15.2. The van der Waals surface area contributed by atoms with E-state index < -0.39 is 27.5 Å². The minimum Gasteiger partial charge on any atom is -0.383 e. The summed E-state index contributed by atoms with van der Waals surface area (Å²) in [4.78, 5) is 15.3. The Balaban J connectivity index is 1.65. The quantitative estimate of drug-likeness (QED) is 0.550. The molecule has 0 spiro atoms. The fourth-order valence-corrected chi connectivity index (χ4v) is 6.57. The highest BCUT2D eigenvalue weighted by atomic mass is 32.2. The van der Waals surface area contributed by atoms with Crippen molar-refractivity contribution in [2.45, 2.75) is 12.0 Å². The van der Waals surface area contributed by atoms with Crippen LogP contribution in [0.15, 0.2) is 89.0 Å². The van der Waals surface area contributed by atoms with Crippen molar-refractivity contribution in [3.63, 3.8) is 0 Å². The summed E-state index contributed by atoms with van der Waals surface area (Å²) in [7, 11) is -1.80. The molecule has 2 atom stereocenters. The third-order valence-electron chi connectivity index (χ3n) is 7.36. The van der Waals surface area contributed by atoms with Crippen LogP contribution in [0.3, 0.4) is 0 Å². The smallest absolute Gasteiger partial charge is 0.260 e. The number of rotatable bonds is 4. The van der Waals surface area contributed by atoms with E-state index in [0.717, 1.165) is 23.5 Å². The lowest BCUT2D eigenvalue weighted by atomic mass is 9.81. The molecule has 2 aliphatic heterocycles. The fourth-order valence-electron chi connectivity index (χ4n) is 5.77. The third kappa shape index (κ3) is 3.98. The van der Waals surface area contributed by atoms with Crippen LogP contribution in [0, 0.1) is 11.6 Å². The maximum Gasteiger partial charge on any atom is 0.260 e. The van der Waals surface area contributed by atoms with Gasteiger partial charge in [0.2, 0.25) is 0 Å². The number of aryl methyl sites for hydroxylation is 1. The zero-order chi connectivity index (χ0) is 26.8. The van der Waals surface area contributed by atoms with Crippen LogP contribution < -0.4 is 15.8 Å². The van der Waals surface area contributed by atoms with E-state index in [1.807, 2.05) is 30.3 Å². The number of hydrogen-bond acceptors (Lipinski definition) is 5. The number of benzene rings is 2. The van der Waals surface area contributed by atoms with E-state index in [2.05, 4.69) is 5.32 Å². The normalized spacial score (nSPS) is 20.3. The first-order valence-electron chi connectivity index (χ1n) is 12.2. The SMILES string of the molecule is Cn1ccc2c(c1=O)C1=C3C(=CN(c4ccc(F)cc4F)C3[C@H](c3ccccc3)CN1)C=C2CS(C)(=O)=O. The van der Waals surface area contributed by atoms with Crippen LogP contribution in [0.5, 0.6) is 0 Å². The Kier molecular flexibility index (Phi) is 5.64. The van der Waals surface area contributed by atoms with E-state index in [9.17, 15) is 17.6 Å². The molecule has 0 fully saturated rings. The summed E-state index contributed by atoms with van der Waals surface area (Å²) in [6.07, 6.45) is 6.34. The van der Waals surface area contributed by atoms with E-state index in [1.165, 1.54) is 16.7 Å². The number of halogens is 2. The molecule has 9 heteroatoms. The maximum absolute atomic E-state index is 15.2. The molecule has 2 aromatic carbocycles. The van der Waals surface area contributed by atoms with Gasteiger partial charge in [0.15, 0.2) is 9.84 Å². The molecule has 1 N–H and O–H groups in total. The summed E-state index contributed by atoms with van der Waals surface area (Å²) in [6, 6.07) is 14.6. The van der Waals surface area contributed by atoms with Gasteiger partial charge in [0, 0.05) is 49.8 Å². The summed E-state index contributed by atoms with van der Waals surface area (Å²) >= 11 is 0. The van der Waals surface area contributed by atoms with E-state index in [0.29, 0.717) is 34.5 Å². The number of fused-ring (bicyclic) bond motifs is 2. The lowest BCUT2D eigenvalue weighted by molar-refractivity contribution is 0.536. The van der Waals surface area contributed by atoms with Gasteiger partial charge in [0.05, 0.1) is 28.7 Å². The molecule has 0 radical (unpaired) electrons. The average Bonchev–Trinajstić information content (AvgIpc) is 3.17. The zero-order valence-electron chi connectivity index (χ0n) is 20.8.